The molecule has 0 aromatic carbocycles. The highest BCUT2D eigenvalue weighted by atomic mass is 35.5. The molecule has 2 saturated heterocycles. The van der Waals surface area contributed by atoms with E-state index in [0.29, 0.717) is 17.1 Å². The van der Waals surface area contributed by atoms with Crippen LogP contribution < -0.4 is 0 Å². The minimum absolute atomic E-state index is 0.0865. The molecular formula is C23H40ClN5. The molecule has 0 unspecified atom stereocenters. The Labute approximate surface area is 182 Å². The lowest BCUT2D eigenvalue weighted by atomic mass is 9.73. The van der Waals surface area contributed by atoms with Crippen molar-refractivity contribution in [3.63, 3.8) is 0 Å². The average Bonchev–Trinajstić information content (AvgIpc) is 2.55. The fraction of sp³-hybridized carbons (Fsp3) is 0.870. The minimum atomic E-state index is 0.0865. The van der Waals surface area contributed by atoms with Crippen LogP contribution in [-0.4, -0.2) is 61.0 Å². The van der Waals surface area contributed by atoms with Crippen LogP contribution in [0.2, 0.25) is 5.28 Å². The number of hydrogen-bond donors (Lipinski definition) is 0. The van der Waals surface area contributed by atoms with Crippen LogP contribution in [0.5, 0.6) is 0 Å². The van der Waals surface area contributed by atoms with E-state index in [1.807, 2.05) is 0 Å². The van der Waals surface area contributed by atoms with Gasteiger partial charge in [-0.3, -0.25) is 9.80 Å². The summed E-state index contributed by atoms with van der Waals surface area (Å²) in [6.07, 6.45) is 4.10. The normalized spacial score (nSPS) is 27.8. The Kier molecular flexibility index (Phi) is 5.63. The Hall–Kier alpha value is -0.780. The zero-order chi connectivity index (χ0) is 22.0. The molecule has 2 aliphatic heterocycles. The van der Waals surface area contributed by atoms with E-state index < -0.39 is 0 Å². The van der Waals surface area contributed by atoms with E-state index in [9.17, 15) is 0 Å². The number of piperidine rings is 2. The second-order valence-corrected chi connectivity index (χ2v) is 12.2. The lowest BCUT2D eigenvalue weighted by molar-refractivity contribution is -0.0161. The highest BCUT2D eigenvalue weighted by Gasteiger charge is 2.46. The van der Waals surface area contributed by atoms with Crippen molar-refractivity contribution in [3.8, 4) is 0 Å². The van der Waals surface area contributed by atoms with Crippen LogP contribution in [0.1, 0.15) is 105 Å². The molecule has 0 atom stereocenters. The van der Waals surface area contributed by atoms with Gasteiger partial charge in [0.25, 0.3) is 0 Å². The second kappa shape index (κ2) is 7.13. The van der Waals surface area contributed by atoms with Gasteiger partial charge in [0.2, 0.25) is 5.28 Å². The molecule has 0 aliphatic carbocycles. The van der Waals surface area contributed by atoms with Gasteiger partial charge < -0.3 is 0 Å². The van der Waals surface area contributed by atoms with Gasteiger partial charge in [-0.15, -0.1) is 0 Å². The molecule has 164 valence electrons. The molecule has 1 aromatic rings. The van der Waals surface area contributed by atoms with Gasteiger partial charge in [-0.25, -0.2) is 15.0 Å². The van der Waals surface area contributed by atoms with Crippen molar-refractivity contribution in [2.75, 3.05) is 14.1 Å². The fourth-order valence-corrected chi connectivity index (χ4v) is 6.03. The number of aromatic nitrogens is 3. The van der Waals surface area contributed by atoms with Crippen molar-refractivity contribution in [1.29, 1.82) is 0 Å². The van der Waals surface area contributed by atoms with Crippen LogP contribution >= 0.6 is 11.6 Å². The van der Waals surface area contributed by atoms with Crippen LogP contribution in [0.15, 0.2) is 0 Å². The van der Waals surface area contributed by atoms with Crippen LogP contribution in [-0.2, 0) is 0 Å². The van der Waals surface area contributed by atoms with Crippen molar-refractivity contribution in [2.45, 2.75) is 115 Å². The predicted octanol–water partition coefficient (Wildman–Crippen LogP) is 5.26. The van der Waals surface area contributed by atoms with E-state index in [0.717, 1.165) is 37.3 Å². The first kappa shape index (κ1) is 22.9. The Morgan fingerprint density at radius 3 is 1.17 bits per heavy atom. The standard InChI is InChI=1S/C23H40ClN5/c1-20(2)11-15(12-21(3,4)28(20)9)17-25-18(27-19(24)26-17)16-13-22(5,6)29(10)23(7,8)14-16/h15-16H,11-14H2,1-10H3. The molecule has 0 radical (unpaired) electrons. The van der Waals surface area contributed by atoms with E-state index in [1.54, 1.807) is 0 Å². The van der Waals surface area contributed by atoms with Gasteiger partial charge >= 0.3 is 0 Å². The van der Waals surface area contributed by atoms with Gasteiger partial charge in [0, 0.05) is 34.0 Å². The summed E-state index contributed by atoms with van der Waals surface area (Å²) in [6, 6.07) is 0. The molecule has 5 nitrogen and oxygen atoms in total. The van der Waals surface area contributed by atoms with Gasteiger partial charge in [0.05, 0.1) is 0 Å². The Morgan fingerprint density at radius 2 is 0.897 bits per heavy atom. The van der Waals surface area contributed by atoms with Crippen LogP contribution in [0, 0.1) is 0 Å². The highest BCUT2D eigenvalue weighted by molar-refractivity contribution is 6.28. The summed E-state index contributed by atoms with van der Waals surface area (Å²) in [5.41, 5.74) is 0.346. The van der Waals surface area contributed by atoms with Gasteiger partial charge in [-0.1, -0.05) is 0 Å². The number of rotatable bonds is 2. The maximum atomic E-state index is 6.45. The van der Waals surface area contributed by atoms with Crippen LogP contribution in [0.3, 0.4) is 0 Å². The third kappa shape index (κ3) is 4.33. The van der Waals surface area contributed by atoms with Gasteiger partial charge in [0.15, 0.2) is 0 Å². The summed E-state index contributed by atoms with van der Waals surface area (Å²) < 4.78 is 0. The Bertz CT molecular complexity index is 674. The van der Waals surface area contributed by atoms with E-state index in [2.05, 4.69) is 89.3 Å². The van der Waals surface area contributed by atoms with E-state index >= 15 is 0 Å². The number of hydrogen-bond acceptors (Lipinski definition) is 5. The first-order chi connectivity index (χ1) is 13.1. The van der Waals surface area contributed by atoms with E-state index in [4.69, 9.17) is 16.6 Å². The number of halogens is 1. The summed E-state index contributed by atoms with van der Waals surface area (Å²) in [4.78, 5) is 19.2. The first-order valence-corrected chi connectivity index (χ1v) is 11.3. The summed E-state index contributed by atoms with van der Waals surface area (Å²) in [6.45, 7) is 18.5. The van der Waals surface area contributed by atoms with Crippen molar-refractivity contribution in [1.82, 2.24) is 24.8 Å². The molecule has 0 amide bonds. The number of nitrogens with zero attached hydrogens (tertiary/aromatic N) is 5. The maximum absolute atomic E-state index is 6.45. The second-order valence-electron chi connectivity index (χ2n) is 11.9. The summed E-state index contributed by atoms with van der Waals surface area (Å²) in [5, 5.41) is 0.342. The Balaban J connectivity index is 1.95. The highest BCUT2D eigenvalue weighted by Crippen LogP contribution is 2.46. The van der Waals surface area contributed by atoms with Crippen molar-refractivity contribution in [3.05, 3.63) is 16.9 Å². The molecular weight excluding hydrogens is 382 g/mol. The van der Waals surface area contributed by atoms with Crippen molar-refractivity contribution in [2.24, 2.45) is 0 Å². The SMILES string of the molecule is CN1C(C)(C)CC(c2nc(Cl)nc(C3CC(C)(C)N(C)C(C)(C)C3)n2)CC1(C)C. The minimum Gasteiger partial charge on any atom is -0.296 e. The Morgan fingerprint density at radius 1 is 0.621 bits per heavy atom. The predicted molar refractivity (Wildman–Crippen MR) is 121 cm³/mol. The molecule has 3 heterocycles. The molecule has 0 saturated carbocycles. The lowest BCUT2D eigenvalue weighted by Gasteiger charge is -2.54. The smallest absolute Gasteiger partial charge is 0.225 e. The van der Waals surface area contributed by atoms with Crippen LogP contribution in [0.25, 0.3) is 0 Å². The molecule has 0 N–H and O–H groups in total. The van der Waals surface area contributed by atoms with E-state index in [1.165, 1.54) is 0 Å². The quantitative estimate of drug-likeness (QED) is 0.651. The third-order valence-electron chi connectivity index (χ3n) is 7.99. The fourth-order valence-electron chi connectivity index (χ4n) is 5.85. The molecule has 29 heavy (non-hydrogen) atoms. The number of likely N-dealkylation sites (tertiary alicyclic amines) is 2. The third-order valence-corrected chi connectivity index (χ3v) is 8.16. The summed E-state index contributed by atoms with van der Waals surface area (Å²) in [5.74, 6) is 2.35. The zero-order valence-electron chi connectivity index (χ0n) is 20.1. The molecule has 3 rings (SSSR count). The lowest BCUT2D eigenvalue weighted by Crippen LogP contribution is -2.58. The van der Waals surface area contributed by atoms with Crippen molar-refractivity contribution < 1.29 is 0 Å². The molecule has 2 fully saturated rings. The van der Waals surface area contributed by atoms with Gasteiger partial charge in [0.1, 0.15) is 11.6 Å². The molecule has 6 heteroatoms. The molecule has 1 aromatic heterocycles. The summed E-state index contributed by atoms with van der Waals surface area (Å²) in [7, 11) is 4.45. The largest absolute Gasteiger partial charge is 0.296 e. The van der Waals surface area contributed by atoms with E-state index in [-0.39, 0.29) is 22.2 Å². The molecule has 0 bridgehead atoms. The monoisotopic (exact) mass is 421 g/mol. The van der Waals surface area contributed by atoms with Crippen LogP contribution in [0.4, 0.5) is 0 Å². The molecule has 0 spiro atoms. The molecule has 2 aliphatic rings. The average molecular weight is 422 g/mol. The summed E-state index contributed by atoms with van der Waals surface area (Å²) >= 11 is 6.45. The first-order valence-electron chi connectivity index (χ1n) is 10.9. The van der Waals surface area contributed by atoms with Crippen molar-refractivity contribution >= 4 is 11.6 Å². The van der Waals surface area contributed by atoms with Gasteiger partial charge in [-0.05, 0) is 107 Å². The topological polar surface area (TPSA) is 45.2 Å². The van der Waals surface area contributed by atoms with Gasteiger partial charge in [-0.2, -0.15) is 0 Å². The maximum Gasteiger partial charge on any atom is 0.225 e. The zero-order valence-corrected chi connectivity index (χ0v) is 20.9.